The summed E-state index contributed by atoms with van der Waals surface area (Å²) in [5.74, 6) is -0.455. The summed E-state index contributed by atoms with van der Waals surface area (Å²) in [6.07, 6.45) is 3.25. The van der Waals surface area contributed by atoms with Gasteiger partial charge in [-0.05, 0) is 90.1 Å². The van der Waals surface area contributed by atoms with Crippen molar-refractivity contribution in [2.24, 2.45) is 0 Å². The van der Waals surface area contributed by atoms with E-state index < -0.39 is 22.0 Å². The van der Waals surface area contributed by atoms with E-state index in [-0.39, 0.29) is 60.2 Å². The first-order valence-corrected chi connectivity index (χ1v) is 17.6. The normalized spacial score (nSPS) is 20.1. The number of carbonyl (C=O) groups excluding carboxylic acids is 3. The number of hydrogen-bond acceptors (Lipinski definition) is 8. The highest BCUT2D eigenvalue weighted by molar-refractivity contribution is 7.89. The maximum absolute atomic E-state index is 14.0. The predicted octanol–water partition coefficient (Wildman–Crippen LogP) is 4.25. The van der Waals surface area contributed by atoms with Crippen LogP contribution in [0.5, 0.6) is 0 Å². The molecular formula is C31H43N5O6S2. The summed E-state index contributed by atoms with van der Waals surface area (Å²) in [5, 5.41) is 7.22. The molecule has 13 heteroatoms. The van der Waals surface area contributed by atoms with E-state index in [2.05, 4.69) is 38.3 Å². The van der Waals surface area contributed by atoms with Gasteiger partial charge < -0.3 is 25.2 Å². The molecule has 0 radical (unpaired) electrons. The summed E-state index contributed by atoms with van der Waals surface area (Å²) < 4.78 is 33.0. The number of rotatable bonds is 6. The number of anilines is 1. The average molecular weight is 646 g/mol. The second-order valence-electron chi connectivity index (χ2n) is 12.8. The Hall–Kier alpha value is -3.00. The number of benzene rings is 1. The van der Waals surface area contributed by atoms with Crippen molar-refractivity contribution in [2.75, 3.05) is 51.2 Å². The highest BCUT2D eigenvalue weighted by Crippen LogP contribution is 2.45. The molecule has 0 unspecified atom stereocenters. The summed E-state index contributed by atoms with van der Waals surface area (Å²) >= 11 is 1.43. The first-order valence-electron chi connectivity index (χ1n) is 15.3. The number of amides is 3. The maximum Gasteiger partial charge on any atom is 0.409 e. The third-order valence-corrected chi connectivity index (χ3v) is 11.8. The van der Waals surface area contributed by atoms with E-state index in [1.807, 2.05) is 4.90 Å². The Morgan fingerprint density at radius 1 is 0.932 bits per heavy atom. The molecule has 3 amide bonds. The molecule has 0 bridgehead atoms. The fraction of sp³-hybridized carbons (Fsp3) is 0.581. The van der Waals surface area contributed by atoms with E-state index in [0.717, 1.165) is 29.7 Å². The Balaban J connectivity index is 1.36. The number of sulfonamides is 1. The van der Waals surface area contributed by atoms with E-state index in [0.29, 0.717) is 30.1 Å². The van der Waals surface area contributed by atoms with Gasteiger partial charge >= 0.3 is 6.09 Å². The molecule has 5 rings (SSSR count). The van der Waals surface area contributed by atoms with Gasteiger partial charge in [0.2, 0.25) is 10.0 Å². The number of nitrogens with zero attached hydrogens (tertiary/aromatic N) is 3. The predicted molar refractivity (Wildman–Crippen MR) is 170 cm³/mol. The fourth-order valence-corrected chi connectivity index (χ4v) is 9.21. The van der Waals surface area contributed by atoms with E-state index in [1.165, 1.54) is 44.8 Å². The van der Waals surface area contributed by atoms with Gasteiger partial charge in [-0.25, -0.2) is 13.2 Å². The number of carbonyl (C=O) groups is 3. The van der Waals surface area contributed by atoms with E-state index in [9.17, 15) is 22.8 Å². The summed E-state index contributed by atoms with van der Waals surface area (Å²) in [4.78, 5) is 44.0. The van der Waals surface area contributed by atoms with Gasteiger partial charge in [0.15, 0.2) is 0 Å². The zero-order valence-corrected chi connectivity index (χ0v) is 27.8. The molecule has 11 nitrogen and oxygen atoms in total. The van der Waals surface area contributed by atoms with Gasteiger partial charge in [0.05, 0.1) is 17.1 Å². The highest BCUT2D eigenvalue weighted by atomic mass is 32.2. The van der Waals surface area contributed by atoms with Gasteiger partial charge in [0, 0.05) is 60.8 Å². The zero-order chi connectivity index (χ0) is 31.9. The van der Waals surface area contributed by atoms with Crippen LogP contribution in [0.15, 0.2) is 29.2 Å². The van der Waals surface area contributed by atoms with Crippen LogP contribution < -0.4 is 10.6 Å². The molecule has 4 heterocycles. The molecule has 0 atom stereocenters. The van der Waals surface area contributed by atoms with Crippen LogP contribution in [0.4, 0.5) is 9.80 Å². The molecule has 0 spiro atoms. The van der Waals surface area contributed by atoms with Gasteiger partial charge in [-0.1, -0.05) is 0 Å². The molecule has 240 valence electrons. The number of likely N-dealkylation sites (tertiary alicyclic amines) is 1. The summed E-state index contributed by atoms with van der Waals surface area (Å²) in [6.45, 7) is 12.6. The topological polar surface area (TPSA) is 128 Å². The van der Waals surface area contributed by atoms with Gasteiger partial charge in [0.1, 0.15) is 5.00 Å². The SMILES string of the molecule is CCOC(=O)N1CCN(S(=O)(=O)c2ccc(C(=O)Nc3sc4c(c3C(=O)N3CCCCC3)CC(C)(C)NC4(C)C)cc2)CC1. The lowest BCUT2D eigenvalue weighted by molar-refractivity contribution is 0.0723. The minimum atomic E-state index is -3.81. The molecule has 3 aliphatic heterocycles. The molecule has 0 aliphatic carbocycles. The van der Waals surface area contributed by atoms with Crippen LogP contribution in [-0.2, 0) is 26.7 Å². The standard InChI is InChI=1S/C31H43N5O6S2/c1-6-42-29(39)35-16-18-36(19-17-35)44(40,41)22-12-10-21(11-13-22)26(37)32-27-24(28(38)34-14-8-7-9-15-34)23-20-30(2,3)33-31(4,5)25(23)43-27/h10-13,33H,6-9,14-20H2,1-5H3,(H,32,37). The smallest absolute Gasteiger partial charge is 0.409 e. The Labute approximate surface area is 264 Å². The van der Waals surface area contributed by atoms with Crippen LogP contribution in [-0.4, -0.2) is 91.8 Å². The zero-order valence-electron chi connectivity index (χ0n) is 26.2. The Kier molecular flexibility index (Phi) is 9.14. The van der Waals surface area contributed by atoms with Crippen LogP contribution in [0.25, 0.3) is 0 Å². The van der Waals surface area contributed by atoms with Crippen molar-refractivity contribution in [1.82, 2.24) is 19.4 Å². The van der Waals surface area contributed by atoms with Crippen molar-refractivity contribution in [2.45, 2.75) is 76.3 Å². The van der Waals surface area contributed by atoms with Gasteiger partial charge in [-0.2, -0.15) is 4.31 Å². The molecule has 1 aromatic heterocycles. The van der Waals surface area contributed by atoms with Crippen LogP contribution in [0.3, 0.4) is 0 Å². The Morgan fingerprint density at radius 3 is 2.18 bits per heavy atom. The number of fused-ring (bicyclic) bond motifs is 1. The molecule has 2 N–H and O–H groups in total. The fourth-order valence-electron chi connectivity index (χ4n) is 6.53. The van der Waals surface area contributed by atoms with Crippen LogP contribution >= 0.6 is 11.3 Å². The molecule has 0 saturated carbocycles. The number of nitrogens with one attached hydrogen (secondary N) is 2. The van der Waals surface area contributed by atoms with Crippen molar-refractivity contribution in [3.8, 4) is 0 Å². The largest absolute Gasteiger partial charge is 0.450 e. The van der Waals surface area contributed by atoms with Crippen molar-refractivity contribution in [3.05, 3.63) is 45.8 Å². The minimum Gasteiger partial charge on any atom is -0.450 e. The molecule has 3 aliphatic rings. The summed E-state index contributed by atoms with van der Waals surface area (Å²) in [6, 6.07) is 5.84. The Bertz CT molecular complexity index is 1520. The van der Waals surface area contributed by atoms with Crippen molar-refractivity contribution in [3.63, 3.8) is 0 Å². The van der Waals surface area contributed by atoms with Crippen molar-refractivity contribution >= 4 is 44.3 Å². The summed E-state index contributed by atoms with van der Waals surface area (Å²) in [7, 11) is -3.81. The van der Waals surface area contributed by atoms with E-state index >= 15 is 0 Å². The molecule has 2 aromatic rings. The molecule has 44 heavy (non-hydrogen) atoms. The number of thiophene rings is 1. The highest BCUT2D eigenvalue weighted by Gasteiger charge is 2.42. The molecule has 2 saturated heterocycles. The summed E-state index contributed by atoms with van der Waals surface area (Å²) in [5.41, 5.74) is 1.22. The number of piperidine rings is 1. The lowest BCUT2D eigenvalue weighted by Crippen LogP contribution is -2.55. The third-order valence-electron chi connectivity index (χ3n) is 8.45. The first-order chi connectivity index (χ1) is 20.7. The van der Waals surface area contributed by atoms with Crippen LogP contribution in [0.2, 0.25) is 0 Å². The number of ether oxygens (including phenoxy) is 1. The minimum absolute atomic E-state index is 0.0458. The van der Waals surface area contributed by atoms with Crippen molar-refractivity contribution < 1.29 is 27.5 Å². The third kappa shape index (κ3) is 6.51. The van der Waals surface area contributed by atoms with Gasteiger partial charge in [-0.3, -0.25) is 9.59 Å². The van der Waals surface area contributed by atoms with E-state index in [1.54, 1.807) is 6.92 Å². The molecular weight excluding hydrogens is 603 g/mol. The average Bonchev–Trinajstić information content (AvgIpc) is 3.34. The second-order valence-corrected chi connectivity index (χ2v) is 15.8. The van der Waals surface area contributed by atoms with Gasteiger partial charge in [-0.15, -0.1) is 11.3 Å². The maximum atomic E-state index is 14.0. The second kappa shape index (κ2) is 12.4. The number of piperazine rings is 1. The number of hydrogen-bond donors (Lipinski definition) is 2. The first kappa shape index (κ1) is 32.4. The van der Waals surface area contributed by atoms with Crippen LogP contribution in [0, 0.1) is 0 Å². The van der Waals surface area contributed by atoms with Crippen molar-refractivity contribution in [1.29, 1.82) is 0 Å². The van der Waals surface area contributed by atoms with E-state index in [4.69, 9.17) is 4.74 Å². The molecule has 2 fully saturated rings. The monoisotopic (exact) mass is 645 g/mol. The quantitative estimate of drug-likeness (QED) is 0.481. The lowest BCUT2D eigenvalue weighted by Gasteiger charge is -2.42. The lowest BCUT2D eigenvalue weighted by atomic mass is 9.81. The van der Waals surface area contributed by atoms with Gasteiger partial charge in [0.25, 0.3) is 11.8 Å². The van der Waals surface area contributed by atoms with Crippen LogP contribution in [0.1, 0.15) is 85.0 Å². The molecule has 1 aromatic carbocycles. The Morgan fingerprint density at radius 2 is 1.57 bits per heavy atom.